The number of hydrogen-bond acceptors (Lipinski definition) is 0. The van der Waals surface area contributed by atoms with Crippen molar-refractivity contribution in [2.45, 2.75) is 31.3 Å². The summed E-state index contributed by atoms with van der Waals surface area (Å²) in [6, 6.07) is 33.7. The van der Waals surface area contributed by atoms with Crippen LogP contribution in [-0.4, -0.2) is 13.4 Å². The molecule has 0 aliphatic heterocycles. The van der Waals surface area contributed by atoms with Crippen LogP contribution >= 0.6 is 7.26 Å². The van der Waals surface area contributed by atoms with E-state index in [9.17, 15) is 0 Å². The lowest BCUT2D eigenvalue weighted by atomic mass is 10.3. The minimum Gasteiger partial charge on any atom is -1.00 e. The molecule has 3 aromatic rings. The van der Waals surface area contributed by atoms with Gasteiger partial charge in [0.05, 0.1) is 13.4 Å². The van der Waals surface area contributed by atoms with E-state index in [1.807, 2.05) is 0 Å². The first-order valence-corrected chi connectivity index (χ1v) is 15.1. The first-order chi connectivity index (χ1) is 13.0. The van der Waals surface area contributed by atoms with Crippen LogP contribution in [0.1, 0.15) is 6.42 Å². The molecule has 3 rings (SSSR count). The summed E-state index contributed by atoms with van der Waals surface area (Å²) in [5.74, 6) is 0. The molecule has 0 fully saturated rings. The highest BCUT2D eigenvalue weighted by atomic mass is 79.9. The summed E-state index contributed by atoms with van der Waals surface area (Å²) in [6.07, 6.45) is 3.20. The second-order valence-electron chi connectivity index (χ2n) is 8.14. The summed E-state index contributed by atoms with van der Waals surface area (Å²) in [7, 11) is -3.32. The van der Waals surface area contributed by atoms with Crippen molar-refractivity contribution in [2.24, 2.45) is 0 Å². The van der Waals surface area contributed by atoms with Crippen LogP contribution in [-0.2, 0) is 0 Å². The van der Waals surface area contributed by atoms with Crippen molar-refractivity contribution in [3.05, 3.63) is 104 Å². The van der Waals surface area contributed by atoms with E-state index < -0.39 is 15.3 Å². The minimum absolute atomic E-state index is 0. The average molecular weight is 469 g/mol. The maximum Gasteiger partial charge on any atom is 0.111 e. The highest BCUT2D eigenvalue weighted by molar-refractivity contribution is 7.97. The number of rotatable bonds is 7. The molecule has 1 atom stereocenters. The smallest absolute Gasteiger partial charge is 0.111 e. The maximum atomic E-state index is 4.15. The van der Waals surface area contributed by atoms with Crippen molar-refractivity contribution >= 4 is 31.2 Å². The van der Waals surface area contributed by atoms with Gasteiger partial charge in [-0.05, 0) is 42.8 Å². The second-order valence-corrected chi connectivity index (χ2v) is 17.7. The maximum absolute atomic E-state index is 4.15. The number of allylic oxidation sites excluding steroid dienone is 1. The average Bonchev–Trinajstić information content (AvgIpc) is 2.70. The van der Waals surface area contributed by atoms with Crippen LogP contribution in [0.2, 0.25) is 19.6 Å². The van der Waals surface area contributed by atoms with Crippen molar-refractivity contribution < 1.29 is 17.0 Å². The van der Waals surface area contributed by atoms with Gasteiger partial charge in [0.1, 0.15) is 23.2 Å². The second kappa shape index (κ2) is 9.83. The van der Waals surface area contributed by atoms with Crippen LogP contribution in [0.25, 0.3) is 0 Å². The topological polar surface area (TPSA) is 0 Å². The molecule has 0 nitrogen and oxygen atoms in total. The Bertz CT molecular complexity index is 761. The lowest BCUT2D eigenvalue weighted by molar-refractivity contribution is -0.00000560. The molecular formula is C25H30BrPSi. The fourth-order valence-corrected chi connectivity index (χ4v) is 15.5. The van der Waals surface area contributed by atoms with Gasteiger partial charge in [-0.15, -0.1) is 6.58 Å². The zero-order chi connectivity index (χ0) is 19.3. The van der Waals surface area contributed by atoms with Gasteiger partial charge in [0.15, 0.2) is 0 Å². The van der Waals surface area contributed by atoms with E-state index in [1.165, 1.54) is 15.9 Å². The number of benzene rings is 3. The van der Waals surface area contributed by atoms with Gasteiger partial charge in [-0.3, -0.25) is 0 Å². The van der Waals surface area contributed by atoms with Crippen LogP contribution < -0.4 is 32.9 Å². The Labute approximate surface area is 182 Å². The fraction of sp³-hybridized carbons (Fsp3) is 0.200. The SMILES string of the molecule is C=CCC([Si](C)(C)C)[P+](c1ccccc1)(c1ccccc1)c1ccccc1.[Br-]. The third-order valence-corrected chi connectivity index (χ3v) is 15.6. The molecule has 0 bridgehead atoms. The Kier molecular flexibility index (Phi) is 8.01. The first-order valence-electron chi connectivity index (χ1n) is 9.67. The summed E-state index contributed by atoms with van der Waals surface area (Å²) in [5.41, 5.74) is 0. The summed E-state index contributed by atoms with van der Waals surface area (Å²) < 4.78 is 0. The predicted octanol–water partition coefficient (Wildman–Crippen LogP) is 2.81. The standard InChI is InChI=1S/C25H30PSi.BrH/c1-5-15-25(27(2,3)4)26(22-16-9-6-10-17-22,23-18-11-7-12-19-23)24-20-13-8-14-21-24;/h5-14,16-21,25H,1,15H2,2-4H3;1H/q+1;/p-1. The molecule has 28 heavy (non-hydrogen) atoms. The Morgan fingerprint density at radius 2 is 1.04 bits per heavy atom. The Balaban J connectivity index is 0.00000280. The molecule has 0 aromatic heterocycles. The molecule has 0 amide bonds. The largest absolute Gasteiger partial charge is 1.00 e. The molecule has 0 aliphatic rings. The Morgan fingerprint density at radius 1 is 0.714 bits per heavy atom. The molecule has 0 N–H and O–H groups in total. The zero-order valence-corrected chi connectivity index (χ0v) is 20.5. The predicted molar refractivity (Wildman–Crippen MR) is 127 cm³/mol. The van der Waals surface area contributed by atoms with Gasteiger partial charge in [-0.25, -0.2) is 0 Å². The van der Waals surface area contributed by atoms with Crippen molar-refractivity contribution in [1.29, 1.82) is 0 Å². The molecule has 1 unspecified atom stereocenters. The monoisotopic (exact) mass is 468 g/mol. The number of halogens is 1. The van der Waals surface area contributed by atoms with Gasteiger partial charge in [0.25, 0.3) is 0 Å². The third-order valence-electron chi connectivity index (χ3n) is 5.35. The van der Waals surface area contributed by atoms with Crippen molar-refractivity contribution in [2.75, 3.05) is 0 Å². The van der Waals surface area contributed by atoms with E-state index in [2.05, 4.69) is 123 Å². The van der Waals surface area contributed by atoms with E-state index in [0.29, 0.717) is 5.28 Å². The Morgan fingerprint density at radius 3 is 1.29 bits per heavy atom. The van der Waals surface area contributed by atoms with Crippen LogP contribution in [0.5, 0.6) is 0 Å². The van der Waals surface area contributed by atoms with Gasteiger partial charge in [-0.2, -0.15) is 0 Å². The highest BCUT2D eigenvalue weighted by Crippen LogP contribution is 2.63. The molecule has 3 heteroatoms. The van der Waals surface area contributed by atoms with Crippen LogP contribution in [0.15, 0.2) is 104 Å². The van der Waals surface area contributed by atoms with E-state index in [1.54, 1.807) is 0 Å². The molecule has 146 valence electrons. The molecule has 0 radical (unpaired) electrons. The lowest BCUT2D eigenvalue weighted by Crippen LogP contribution is -3.00. The van der Waals surface area contributed by atoms with Crippen molar-refractivity contribution in [1.82, 2.24) is 0 Å². The first kappa shape index (κ1) is 22.8. The Hall–Kier alpha value is -1.47. The van der Waals surface area contributed by atoms with E-state index in [-0.39, 0.29) is 17.0 Å². The summed E-state index contributed by atoms with van der Waals surface area (Å²) >= 11 is 0. The van der Waals surface area contributed by atoms with Crippen LogP contribution in [0.4, 0.5) is 0 Å². The molecule has 0 saturated heterocycles. The normalized spacial score (nSPS) is 12.7. The molecule has 0 heterocycles. The lowest BCUT2D eigenvalue weighted by Gasteiger charge is -2.40. The minimum atomic E-state index is -1.81. The van der Waals surface area contributed by atoms with Gasteiger partial charge < -0.3 is 17.0 Å². The van der Waals surface area contributed by atoms with Crippen LogP contribution in [0, 0.1) is 0 Å². The van der Waals surface area contributed by atoms with Crippen LogP contribution in [0.3, 0.4) is 0 Å². The quantitative estimate of drug-likeness (QED) is 0.284. The third kappa shape index (κ3) is 4.40. The number of hydrogen-bond donors (Lipinski definition) is 0. The van der Waals surface area contributed by atoms with E-state index in [4.69, 9.17) is 0 Å². The van der Waals surface area contributed by atoms with Gasteiger partial charge in [-0.1, -0.05) is 80.3 Å². The molecule has 3 aromatic carbocycles. The summed E-state index contributed by atoms with van der Waals surface area (Å²) in [6.45, 7) is 11.7. The van der Waals surface area contributed by atoms with Gasteiger partial charge in [0.2, 0.25) is 0 Å². The molecule has 0 aliphatic carbocycles. The molecule has 0 spiro atoms. The molecular weight excluding hydrogens is 439 g/mol. The van der Waals surface area contributed by atoms with Crippen molar-refractivity contribution in [3.63, 3.8) is 0 Å². The van der Waals surface area contributed by atoms with Crippen molar-refractivity contribution in [3.8, 4) is 0 Å². The fourth-order valence-electron chi connectivity index (χ4n) is 4.23. The van der Waals surface area contributed by atoms with E-state index in [0.717, 1.165) is 6.42 Å². The summed E-state index contributed by atoms with van der Waals surface area (Å²) in [4.78, 5) is 0. The zero-order valence-electron chi connectivity index (χ0n) is 17.1. The van der Waals surface area contributed by atoms with E-state index >= 15 is 0 Å². The summed E-state index contributed by atoms with van der Waals surface area (Å²) in [5, 5.41) is 5.06. The molecule has 0 saturated carbocycles. The van der Waals surface area contributed by atoms with Gasteiger partial charge in [0, 0.05) is 0 Å². The van der Waals surface area contributed by atoms with Gasteiger partial charge >= 0.3 is 0 Å². The highest BCUT2D eigenvalue weighted by Gasteiger charge is 2.56.